The molecular formula is C14H14N4O2. The lowest BCUT2D eigenvalue weighted by molar-refractivity contribution is 0.0999. The second-order valence-electron chi connectivity index (χ2n) is 4.87. The van der Waals surface area contributed by atoms with Crippen molar-refractivity contribution in [3.63, 3.8) is 0 Å². The van der Waals surface area contributed by atoms with E-state index in [4.69, 9.17) is 5.73 Å². The van der Waals surface area contributed by atoms with E-state index in [0.717, 1.165) is 16.8 Å². The Morgan fingerprint density at radius 2 is 2.20 bits per heavy atom. The summed E-state index contributed by atoms with van der Waals surface area (Å²) in [7, 11) is 0. The van der Waals surface area contributed by atoms with Gasteiger partial charge in [0.15, 0.2) is 0 Å². The number of carbonyl (C=O) groups excluding carboxylic acids is 1. The lowest BCUT2D eigenvalue weighted by Crippen LogP contribution is -2.22. The maximum Gasteiger partial charge on any atom is 0.269 e. The number of nitrogens with two attached hydrogens (primary N) is 1. The molecule has 2 heterocycles. The van der Waals surface area contributed by atoms with Gasteiger partial charge >= 0.3 is 0 Å². The number of carbonyl (C=O) groups is 1. The van der Waals surface area contributed by atoms with Crippen LogP contribution in [0.3, 0.4) is 0 Å². The van der Waals surface area contributed by atoms with Crippen LogP contribution in [0, 0.1) is 6.92 Å². The van der Waals surface area contributed by atoms with Crippen molar-refractivity contribution in [1.29, 1.82) is 0 Å². The maximum atomic E-state index is 11.6. The summed E-state index contributed by atoms with van der Waals surface area (Å²) in [5.74, 6) is -0.426. The van der Waals surface area contributed by atoms with Gasteiger partial charge in [-0.05, 0) is 24.1 Å². The topological polar surface area (TPSA) is 92.1 Å². The molecule has 6 nitrogen and oxygen atoms in total. The zero-order valence-electron chi connectivity index (χ0n) is 11.0. The normalized spacial score (nSPS) is 13.3. The van der Waals surface area contributed by atoms with Crippen molar-refractivity contribution < 1.29 is 4.79 Å². The Morgan fingerprint density at radius 3 is 2.95 bits per heavy atom. The van der Waals surface area contributed by atoms with Gasteiger partial charge < -0.3 is 10.6 Å². The Labute approximate surface area is 115 Å². The van der Waals surface area contributed by atoms with Gasteiger partial charge in [-0.2, -0.15) is 5.10 Å². The van der Waals surface area contributed by atoms with E-state index in [1.165, 1.54) is 0 Å². The van der Waals surface area contributed by atoms with E-state index >= 15 is 0 Å². The average Bonchev–Trinajstić information content (AvgIpc) is 2.84. The first-order valence-corrected chi connectivity index (χ1v) is 6.27. The number of amides is 1. The number of nitrogens with zero attached hydrogens (tertiary/aromatic N) is 2. The SMILES string of the molecule is Cc1c(N2Cc3cccc(C(N)=O)c3C2)cn[nH]c1=O. The van der Waals surface area contributed by atoms with Gasteiger partial charge in [0.2, 0.25) is 5.91 Å². The molecule has 0 radical (unpaired) electrons. The van der Waals surface area contributed by atoms with Crippen molar-refractivity contribution in [3.05, 3.63) is 57.0 Å². The summed E-state index contributed by atoms with van der Waals surface area (Å²) in [5, 5.41) is 6.25. The summed E-state index contributed by atoms with van der Waals surface area (Å²) in [6.45, 7) is 2.96. The van der Waals surface area contributed by atoms with Gasteiger partial charge in [0.05, 0.1) is 11.9 Å². The fourth-order valence-corrected chi connectivity index (χ4v) is 2.59. The molecule has 0 atom stereocenters. The second kappa shape index (κ2) is 4.48. The number of hydrogen-bond acceptors (Lipinski definition) is 4. The molecule has 1 aliphatic heterocycles. The minimum Gasteiger partial charge on any atom is -0.366 e. The Balaban J connectivity index is 2.03. The fourth-order valence-electron chi connectivity index (χ4n) is 2.59. The summed E-state index contributed by atoms with van der Waals surface area (Å²) in [4.78, 5) is 25.1. The van der Waals surface area contributed by atoms with Crippen LogP contribution < -0.4 is 16.2 Å². The molecule has 0 fully saturated rings. The van der Waals surface area contributed by atoms with Crippen LogP contribution in [0.4, 0.5) is 5.69 Å². The van der Waals surface area contributed by atoms with Crippen molar-refractivity contribution in [1.82, 2.24) is 10.2 Å². The van der Waals surface area contributed by atoms with E-state index in [1.54, 1.807) is 19.2 Å². The van der Waals surface area contributed by atoms with E-state index in [9.17, 15) is 9.59 Å². The van der Waals surface area contributed by atoms with E-state index < -0.39 is 5.91 Å². The Kier molecular flexibility index (Phi) is 2.78. The van der Waals surface area contributed by atoms with Crippen molar-refractivity contribution in [2.24, 2.45) is 5.73 Å². The van der Waals surface area contributed by atoms with Gasteiger partial charge in [-0.3, -0.25) is 9.59 Å². The number of aromatic nitrogens is 2. The van der Waals surface area contributed by atoms with E-state index in [0.29, 0.717) is 24.2 Å². The predicted octanol–water partition coefficient (Wildman–Crippen LogP) is 0.697. The monoisotopic (exact) mass is 270 g/mol. The number of primary amides is 1. The molecule has 6 heteroatoms. The van der Waals surface area contributed by atoms with Crippen LogP contribution in [0.15, 0.2) is 29.2 Å². The third-order valence-corrected chi connectivity index (χ3v) is 3.67. The van der Waals surface area contributed by atoms with Gasteiger partial charge in [0, 0.05) is 24.2 Å². The van der Waals surface area contributed by atoms with Crippen LogP contribution in [0.25, 0.3) is 0 Å². The van der Waals surface area contributed by atoms with Crippen molar-refractivity contribution >= 4 is 11.6 Å². The van der Waals surface area contributed by atoms with Crippen molar-refractivity contribution in [3.8, 4) is 0 Å². The van der Waals surface area contributed by atoms with Crippen LogP contribution in [0.2, 0.25) is 0 Å². The maximum absolute atomic E-state index is 11.6. The second-order valence-corrected chi connectivity index (χ2v) is 4.87. The number of benzene rings is 1. The molecule has 0 saturated heterocycles. The number of nitrogens with one attached hydrogen (secondary N) is 1. The molecule has 0 saturated carbocycles. The molecule has 0 spiro atoms. The molecule has 1 aromatic carbocycles. The summed E-state index contributed by atoms with van der Waals surface area (Å²) < 4.78 is 0. The lowest BCUT2D eigenvalue weighted by Gasteiger charge is -2.18. The first-order chi connectivity index (χ1) is 9.58. The lowest BCUT2D eigenvalue weighted by atomic mass is 10.0. The summed E-state index contributed by atoms with van der Waals surface area (Å²) in [5.41, 5.74) is 9.13. The molecular weight excluding hydrogens is 256 g/mol. The van der Waals surface area contributed by atoms with Gasteiger partial charge in [0.25, 0.3) is 5.56 Å². The largest absolute Gasteiger partial charge is 0.366 e. The summed E-state index contributed by atoms with van der Waals surface area (Å²) in [6.07, 6.45) is 1.63. The smallest absolute Gasteiger partial charge is 0.269 e. The van der Waals surface area contributed by atoms with E-state index in [1.807, 2.05) is 17.0 Å². The van der Waals surface area contributed by atoms with Crippen LogP contribution in [-0.2, 0) is 13.1 Å². The number of aromatic amines is 1. The highest BCUT2D eigenvalue weighted by Crippen LogP contribution is 2.30. The van der Waals surface area contributed by atoms with Crippen LogP contribution in [0.1, 0.15) is 27.0 Å². The predicted molar refractivity (Wildman–Crippen MR) is 74.4 cm³/mol. The van der Waals surface area contributed by atoms with Crippen LogP contribution >= 0.6 is 0 Å². The van der Waals surface area contributed by atoms with Crippen LogP contribution in [-0.4, -0.2) is 16.1 Å². The zero-order valence-corrected chi connectivity index (χ0v) is 11.0. The molecule has 1 aliphatic rings. The molecule has 0 unspecified atom stereocenters. The fraction of sp³-hybridized carbons (Fsp3) is 0.214. The minimum atomic E-state index is -0.426. The highest BCUT2D eigenvalue weighted by molar-refractivity contribution is 5.95. The molecule has 20 heavy (non-hydrogen) atoms. The van der Waals surface area contributed by atoms with Gasteiger partial charge in [-0.1, -0.05) is 12.1 Å². The quantitative estimate of drug-likeness (QED) is 0.840. The van der Waals surface area contributed by atoms with Gasteiger partial charge in [-0.25, -0.2) is 5.10 Å². The van der Waals surface area contributed by atoms with Crippen molar-refractivity contribution in [2.45, 2.75) is 20.0 Å². The number of fused-ring (bicyclic) bond motifs is 1. The Hall–Kier alpha value is -2.63. The van der Waals surface area contributed by atoms with Gasteiger partial charge in [-0.15, -0.1) is 0 Å². The standard InChI is InChI=1S/C14H14N4O2/c1-8-12(5-16-17-14(8)20)18-6-9-3-2-4-10(13(15)19)11(9)7-18/h2-5H,6-7H2,1H3,(H2,15,19)(H,17,20). The summed E-state index contributed by atoms with van der Waals surface area (Å²) in [6, 6.07) is 5.52. The Morgan fingerprint density at radius 1 is 1.40 bits per heavy atom. The van der Waals surface area contributed by atoms with E-state index in [-0.39, 0.29) is 5.56 Å². The van der Waals surface area contributed by atoms with E-state index in [2.05, 4.69) is 10.2 Å². The zero-order chi connectivity index (χ0) is 14.3. The highest BCUT2D eigenvalue weighted by Gasteiger charge is 2.25. The van der Waals surface area contributed by atoms with Crippen molar-refractivity contribution in [2.75, 3.05) is 4.90 Å². The molecule has 3 rings (SSSR count). The molecule has 2 aromatic rings. The number of anilines is 1. The average molecular weight is 270 g/mol. The Bertz CT molecular complexity index is 751. The molecule has 0 bridgehead atoms. The minimum absolute atomic E-state index is 0.200. The number of H-pyrrole nitrogens is 1. The first kappa shape index (κ1) is 12.4. The third-order valence-electron chi connectivity index (χ3n) is 3.67. The molecule has 3 N–H and O–H groups in total. The molecule has 0 aliphatic carbocycles. The number of rotatable bonds is 2. The van der Waals surface area contributed by atoms with Gasteiger partial charge in [0.1, 0.15) is 0 Å². The summed E-state index contributed by atoms with van der Waals surface area (Å²) >= 11 is 0. The first-order valence-electron chi connectivity index (χ1n) is 6.27. The highest BCUT2D eigenvalue weighted by atomic mass is 16.1. The van der Waals surface area contributed by atoms with Crippen LogP contribution in [0.5, 0.6) is 0 Å². The molecule has 1 amide bonds. The third kappa shape index (κ3) is 1.85. The molecule has 102 valence electrons. The molecule has 1 aromatic heterocycles. The number of hydrogen-bond donors (Lipinski definition) is 2.